The van der Waals surface area contributed by atoms with Gasteiger partial charge in [-0.3, -0.25) is 0 Å². The van der Waals surface area contributed by atoms with Gasteiger partial charge in [-0.1, -0.05) is 0 Å². The lowest BCUT2D eigenvalue weighted by Gasteiger charge is -2.33. The number of anilines is 1. The average molecular weight is 223 g/mol. The Kier molecular flexibility index (Phi) is 3.00. The topological polar surface area (TPSA) is 84.3 Å². The van der Waals surface area contributed by atoms with E-state index in [2.05, 4.69) is 15.3 Å². The van der Waals surface area contributed by atoms with Crippen molar-refractivity contribution in [3.8, 4) is 0 Å². The lowest BCUT2D eigenvalue weighted by atomic mass is 9.90. The predicted molar refractivity (Wildman–Crippen MR) is 56.1 cm³/mol. The van der Waals surface area contributed by atoms with Crippen molar-refractivity contribution in [2.45, 2.75) is 18.4 Å². The number of hydrogen-bond donors (Lipinski definition) is 2. The van der Waals surface area contributed by atoms with Gasteiger partial charge in [0.1, 0.15) is 5.54 Å². The van der Waals surface area contributed by atoms with Crippen LogP contribution < -0.4 is 5.32 Å². The van der Waals surface area contributed by atoms with E-state index < -0.39 is 11.5 Å². The monoisotopic (exact) mass is 223 g/mol. The molecule has 6 heteroatoms. The molecule has 0 radical (unpaired) electrons. The zero-order valence-electron chi connectivity index (χ0n) is 8.72. The quantitative estimate of drug-likeness (QED) is 0.777. The van der Waals surface area contributed by atoms with Gasteiger partial charge in [-0.15, -0.1) is 0 Å². The molecule has 0 amide bonds. The number of nitrogens with zero attached hydrogens (tertiary/aromatic N) is 2. The van der Waals surface area contributed by atoms with Crippen molar-refractivity contribution in [3.05, 3.63) is 18.5 Å². The second kappa shape index (κ2) is 4.44. The van der Waals surface area contributed by atoms with Gasteiger partial charge in [0.05, 0.1) is 0 Å². The first-order valence-corrected chi connectivity index (χ1v) is 5.09. The maximum absolute atomic E-state index is 11.3. The molecule has 0 spiro atoms. The molecule has 6 nitrogen and oxygen atoms in total. The van der Waals surface area contributed by atoms with E-state index in [-0.39, 0.29) is 0 Å². The van der Waals surface area contributed by atoms with Crippen LogP contribution in [0.15, 0.2) is 18.5 Å². The van der Waals surface area contributed by atoms with Gasteiger partial charge in [0.15, 0.2) is 0 Å². The lowest BCUT2D eigenvalue weighted by molar-refractivity contribution is -0.145. The van der Waals surface area contributed by atoms with Crippen molar-refractivity contribution in [2.75, 3.05) is 18.5 Å². The van der Waals surface area contributed by atoms with Crippen molar-refractivity contribution in [3.63, 3.8) is 0 Å². The highest BCUT2D eigenvalue weighted by Gasteiger charge is 2.40. The molecule has 0 unspecified atom stereocenters. The Labute approximate surface area is 92.7 Å². The number of carboxylic acid groups (broad SMARTS) is 1. The van der Waals surface area contributed by atoms with Crippen LogP contribution in [-0.4, -0.2) is 39.8 Å². The second-order valence-electron chi connectivity index (χ2n) is 3.70. The standard InChI is InChI=1S/C10H13N3O3/c14-8(15)10(2-6-16-7-3-10)13-9-11-4-1-5-12-9/h1,4-5H,2-3,6-7H2,(H,14,15)(H,11,12,13). The molecule has 1 aromatic rings. The minimum absolute atomic E-state index is 0.340. The van der Waals surface area contributed by atoms with Crippen molar-refractivity contribution < 1.29 is 14.6 Å². The number of rotatable bonds is 3. The number of aromatic nitrogens is 2. The van der Waals surface area contributed by atoms with E-state index in [0.29, 0.717) is 32.0 Å². The van der Waals surface area contributed by atoms with Gasteiger partial charge in [-0.2, -0.15) is 0 Å². The summed E-state index contributed by atoms with van der Waals surface area (Å²) in [6, 6.07) is 1.68. The first-order chi connectivity index (χ1) is 7.73. The molecule has 0 aromatic carbocycles. The molecule has 0 bridgehead atoms. The van der Waals surface area contributed by atoms with Crippen molar-refractivity contribution in [1.29, 1.82) is 0 Å². The average Bonchev–Trinajstić information content (AvgIpc) is 2.31. The first kappa shape index (κ1) is 10.8. The number of carboxylic acids is 1. The van der Waals surface area contributed by atoms with Crippen molar-refractivity contribution in [2.24, 2.45) is 0 Å². The van der Waals surface area contributed by atoms with Gasteiger partial charge in [0.2, 0.25) is 5.95 Å². The molecule has 2 rings (SSSR count). The Bertz CT molecular complexity index is 363. The summed E-state index contributed by atoms with van der Waals surface area (Å²) in [4.78, 5) is 19.3. The molecule has 2 heterocycles. The minimum Gasteiger partial charge on any atom is -0.480 e. The highest BCUT2D eigenvalue weighted by atomic mass is 16.5. The predicted octanol–water partition coefficient (Wildman–Crippen LogP) is 0.522. The normalized spacial score (nSPS) is 19.0. The summed E-state index contributed by atoms with van der Waals surface area (Å²) in [7, 11) is 0. The number of hydrogen-bond acceptors (Lipinski definition) is 5. The van der Waals surface area contributed by atoms with Crippen molar-refractivity contribution >= 4 is 11.9 Å². The van der Waals surface area contributed by atoms with E-state index in [1.165, 1.54) is 0 Å². The zero-order chi connectivity index (χ0) is 11.4. The van der Waals surface area contributed by atoms with Gasteiger partial charge < -0.3 is 15.2 Å². The lowest BCUT2D eigenvalue weighted by Crippen LogP contribution is -2.50. The molecule has 1 aromatic heterocycles. The van der Waals surface area contributed by atoms with Gasteiger partial charge >= 0.3 is 5.97 Å². The fraction of sp³-hybridized carbons (Fsp3) is 0.500. The number of carbonyl (C=O) groups is 1. The maximum Gasteiger partial charge on any atom is 0.329 e. The van der Waals surface area contributed by atoms with E-state index in [1.807, 2.05) is 0 Å². The first-order valence-electron chi connectivity index (χ1n) is 5.09. The van der Waals surface area contributed by atoms with Crippen LogP contribution in [0.25, 0.3) is 0 Å². The molecule has 2 N–H and O–H groups in total. The van der Waals surface area contributed by atoms with E-state index in [4.69, 9.17) is 4.74 Å². The summed E-state index contributed by atoms with van der Waals surface area (Å²) in [6.07, 6.45) is 3.98. The molecular weight excluding hydrogens is 210 g/mol. The summed E-state index contributed by atoms with van der Waals surface area (Å²) < 4.78 is 5.17. The molecule has 0 atom stereocenters. The van der Waals surface area contributed by atoms with Gasteiger partial charge in [0, 0.05) is 38.4 Å². The van der Waals surface area contributed by atoms with Crippen LogP contribution in [0.1, 0.15) is 12.8 Å². The van der Waals surface area contributed by atoms with Crippen LogP contribution in [0.2, 0.25) is 0 Å². The largest absolute Gasteiger partial charge is 0.480 e. The summed E-state index contributed by atoms with van der Waals surface area (Å²) in [6.45, 7) is 0.873. The third-order valence-corrected chi connectivity index (χ3v) is 2.67. The van der Waals surface area contributed by atoms with Gasteiger partial charge in [0.25, 0.3) is 0 Å². The molecule has 0 aliphatic carbocycles. The summed E-state index contributed by atoms with van der Waals surface area (Å²) in [5.41, 5.74) is -1.00. The van der Waals surface area contributed by atoms with Crippen LogP contribution in [0.3, 0.4) is 0 Å². The SMILES string of the molecule is O=C(O)C1(Nc2ncccn2)CCOCC1. The molecule has 0 saturated carbocycles. The molecule has 1 aliphatic rings. The fourth-order valence-corrected chi connectivity index (χ4v) is 1.69. The Morgan fingerprint density at radius 3 is 2.56 bits per heavy atom. The third kappa shape index (κ3) is 2.11. The van der Waals surface area contributed by atoms with Crippen LogP contribution in [0.4, 0.5) is 5.95 Å². The van der Waals surface area contributed by atoms with E-state index >= 15 is 0 Å². The Morgan fingerprint density at radius 1 is 1.38 bits per heavy atom. The Morgan fingerprint density at radius 2 is 2.00 bits per heavy atom. The Balaban J connectivity index is 2.17. The fourth-order valence-electron chi connectivity index (χ4n) is 1.69. The number of nitrogens with one attached hydrogen (secondary N) is 1. The molecule has 16 heavy (non-hydrogen) atoms. The molecule has 1 saturated heterocycles. The molecule has 1 fully saturated rings. The summed E-state index contributed by atoms with van der Waals surface area (Å²) in [5, 5.41) is 12.2. The van der Waals surface area contributed by atoms with E-state index in [1.54, 1.807) is 18.5 Å². The van der Waals surface area contributed by atoms with Crippen LogP contribution in [-0.2, 0) is 9.53 Å². The maximum atomic E-state index is 11.3. The van der Waals surface area contributed by atoms with Gasteiger partial charge in [-0.25, -0.2) is 14.8 Å². The van der Waals surface area contributed by atoms with Crippen LogP contribution in [0, 0.1) is 0 Å². The van der Waals surface area contributed by atoms with Gasteiger partial charge in [-0.05, 0) is 6.07 Å². The zero-order valence-corrected chi connectivity index (χ0v) is 8.72. The van der Waals surface area contributed by atoms with Crippen LogP contribution >= 0.6 is 0 Å². The summed E-state index contributed by atoms with van der Waals surface area (Å²) in [5.74, 6) is -0.546. The van der Waals surface area contributed by atoms with Crippen LogP contribution in [0.5, 0.6) is 0 Å². The van der Waals surface area contributed by atoms with E-state index in [0.717, 1.165) is 0 Å². The number of ether oxygens (including phenoxy) is 1. The van der Waals surface area contributed by atoms with Crippen molar-refractivity contribution in [1.82, 2.24) is 9.97 Å². The molecule has 1 aliphatic heterocycles. The number of aliphatic carboxylic acids is 1. The Hall–Kier alpha value is -1.69. The minimum atomic E-state index is -1.00. The second-order valence-corrected chi connectivity index (χ2v) is 3.70. The molecular formula is C10H13N3O3. The highest BCUT2D eigenvalue weighted by molar-refractivity contribution is 5.82. The highest BCUT2D eigenvalue weighted by Crippen LogP contribution is 2.24. The van der Waals surface area contributed by atoms with E-state index in [9.17, 15) is 9.90 Å². The molecule has 86 valence electrons. The summed E-state index contributed by atoms with van der Waals surface area (Å²) >= 11 is 0. The third-order valence-electron chi connectivity index (χ3n) is 2.67. The smallest absolute Gasteiger partial charge is 0.329 e.